The number of anilines is 1. The van der Waals surface area contributed by atoms with Crippen LogP contribution in [0, 0.1) is 5.82 Å². The number of alkyl halides is 2. The fraction of sp³-hybridized carbons (Fsp3) is 0.125. The van der Waals surface area contributed by atoms with E-state index in [-0.39, 0.29) is 11.3 Å². The van der Waals surface area contributed by atoms with Gasteiger partial charge >= 0.3 is 6.61 Å². The summed E-state index contributed by atoms with van der Waals surface area (Å²) in [5.74, 6) is 0.0271. The van der Waals surface area contributed by atoms with Crippen molar-refractivity contribution in [1.29, 1.82) is 0 Å². The lowest BCUT2D eigenvalue weighted by Gasteiger charge is -2.30. The van der Waals surface area contributed by atoms with Gasteiger partial charge in [-0.25, -0.2) is 14.4 Å². The number of aromatic nitrogens is 2. The molecule has 6 nitrogen and oxygen atoms in total. The number of nitrogens with one attached hydrogen (secondary N) is 1. The highest BCUT2D eigenvalue weighted by Crippen LogP contribution is 2.38. The quantitative estimate of drug-likeness (QED) is 0.922. The molecule has 1 aromatic heterocycles. The summed E-state index contributed by atoms with van der Waals surface area (Å²) in [5, 5.41) is 10.4. The summed E-state index contributed by atoms with van der Waals surface area (Å²) in [4.78, 5) is 4.24. The molecule has 9 heteroatoms. The molecular weight excluding hydrogens is 335 g/mol. The van der Waals surface area contributed by atoms with Crippen LogP contribution in [0.15, 0.2) is 53.6 Å². The fourth-order valence-corrected chi connectivity index (χ4v) is 2.77. The van der Waals surface area contributed by atoms with Crippen molar-refractivity contribution in [1.82, 2.24) is 15.2 Å². The minimum absolute atomic E-state index is 0.138. The molecule has 25 heavy (non-hydrogen) atoms. The molecule has 128 valence electrons. The Morgan fingerprint density at radius 3 is 3.00 bits per heavy atom. The molecule has 0 saturated heterocycles. The second-order valence-electron chi connectivity index (χ2n) is 5.26. The van der Waals surface area contributed by atoms with E-state index in [4.69, 9.17) is 0 Å². The van der Waals surface area contributed by atoms with E-state index in [1.54, 1.807) is 17.3 Å². The predicted molar refractivity (Wildman–Crippen MR) is 85.5 cm³/mol. The Labute approximate surface area is 140 Å². The summed E-state index contributed by atoms with van der Waals surface area (Å²) in [6.07, 6.45) is 8.69. The van der Waals surface area contributed by atoms with E-state index in [0.717, 1.165) is 18.0 Å². The maximum absolute atomic E-state index is 13.7. The largest absolute Gasteiger partial charge is 0.434 e. The SMILES string of the molecule is Fc1ccc(OC(F)F)c(-c2[nH]ncc2N2CC=C3N=CC=CN32)c1. The van der Waals surface area contributed by atoms with Crippen molar-refractivity contribution in [2.75, 3.05) is 11.6 Å². The molecule has 0 fully saturated rings. The summed E-state index contributed by atoms with van der Waals surface area (Å²) < 4.78 is 43.6. The molecule has 3 heterocycles. The van der Waals surface area contributed by atoms with Gasteiger partial charge in [-0.2, -0.15) is 13.9 Å². The van der Waals surface area contributed by atoms with E-state index in [0.29, 0.717) is 17.9 Å². The summed E-state index contributed by atoms with van der Waals surface area (Å²) in [6, 6.07) is 3.36. The standard InChI is InChI=1S/C16H12F3N5O/c17-10-2-3-13(25-16(18)19)11(8-10)15-12(9-21-22-15)23-7-4-14-20-5-1-6-24(14)23/h1-6,8-9,16H,7H2,(H,21,22). The number of hydrazine groups is 1. The third-order valence-corrected chi connectivity index (χ3v) is 3.79. The van der Waals surface area contributed by atoms with Crippen molar-refractivity contribution < 1.29 is 17.9 Å². The van der Waals surface area contributed by atoms with Crippen molar-refractivity contribution in [2.24, 2.45) is 4.99 Å². The Morgan fingerprint density at radius 1 is 1.28 bits per heavy atom. The van der Waals surface area contributed by atoms with Crippen molar-refractivity contribution in [3.05, 3.63) is 54.4 Å². The molecule has 2 aliphatic heterocycles. The van der Waals surface area contributed by atoms with Crippen LogP contribution in [0.5, 0.6) is 5.75 Å². The monoisotopic (exact) mass is 347 g/mol. The van der Waals surface area contributed by atoms with Crippen molar-refractivity contribution >= 4 is 11.9 Å². The first-order chi connectivity index (χ1) is 12.1. The average Bonchev–Trinajstić information content (AvgIpc) is 3.22. The van der Waals surface area contributed by atoms with Crippen LogP contribution in [-0.2, 0) is 0 Å². The molecular formula is C16H12F3N5O. The zero-order valence-electron chi connectivity index (χ0n) is 12.7. The summed E-state index contributed by atoms with van der Waals surface area (Å²) >= 11 is 0. The summed E-state index contributed by atoms with van der Waals surface area (Å²) in [5.41, 5.74) is 1.11. The Kier molecular flexibility index (Phi) is 3.68. The lowest BCUT2D eigenvalue weighted by molar-refractivity contribution is -0.0495. The molecule has 1 N–H and O–H groups in total. The van der Waals surface area contributed by atoms with Gasteiger partial charge in [0.2, 0.25) is 0 Å². The molecule has 0 amide bonds. The lowest BCUT2D eigenvalue weighted by atomic mass is 10.1. The van der Waals surface area contributed by atoms with Gasteiger partial charge in [-0.1, -0.05) is 0 Å². The molecule has 0 bridgehead atoms. The highest BCUT2D eigenvalue weighted by molar-refractivity contribution is 5.80. The number of halogens is 3. The van der Waals surface area contributed by atoms with E-state index in [9.17, 15) is 13.2 Å². The van der Waals surface area contributed by atoms with Gasteiger partial charge in [0, 0.05) is 18.0 Å². The molecule has 0 radical (unpaired) electrons. The van der Waals surface area contributed by atoms with Crippen LogP contribution in [0.4, 0.5) is 18.9 Å². The van der Waals surface area contributed by atoms with Crippen LogP contribution in [-0.4, -0.2) is 34.6 Å². The topological polar surface area (TPSA) is 56.8 Å². The number of benzene rings is 1. The number of ether oxygens (including phenoxy) is 1. The predicted octanol–water partition coefficient (Wildman–Crippen LogP) is 3.29. The highest BCUT2D eigenvalue weighted by Gasteiger charge is 2.28. The maximum atomic E-state index is 13.7. The van der Waals surface area contributed by atoms with Crippen molar-refractivity contribution in [3.63, 3.8) is 0 Å². The average molecular weight is 347 g/mol. The first-order valence-electron chi connectivity index (χ1n) is 7.39. The highest BCUT2D eigenvalue weighted by atomic mass is 19.3. The van der Waals surface area contributed by atoms with Crippen molar-refractivity contribution in [3.8, 4) is 17.0 Å². The molecule has 0 atom stereocenters. The number of aliphatic imine (C=N–C) groups is 1. The Balaban J connectivity index is 1.75. The Morgan fingerprint density at radius 2 is 2.16 bits per heavy atom. The second kappa shape index (κ2) is 6.00. The maximum Gasteiger partial charge on any atom is 0.387 e. The van der Waals surface area contributed by atoms with Crippen LogP contribution in [0.25, 0.3) is 11.3 Å². The van der Waals surface area contributed by atoms with Crippen LogP contribution in [0.1, 0.15) is 0 Å². The zero-order valence-corrected chi connectivity index (χ0v) is 12.7. The molecule has 0 saturated carbocycles. The summed E-state index contributed by atoms with van der Waals surface area (Å²) in [6.45, 7) is -2.51. The van der Waals surface area contributed by atoms with Crippen molar-refractivity contribution in [2.45, 2.75) is 6.61 Å². The van der Waals surface area contributed by atoms with Gasteiger partial charge in [0.05, 0.1) is 18.4 Å². The lowest BCUT2D eigenvalue weighted by Crippen LogP contribution is -2.34. The van der Waals surface area contributed by atoms with Gasteiger partial charge in [-0.05, 0) is 30.4 Å². The van der Waals surface area contributed by atoms with E-state index in [1.165, 1.54) is 12.3 Å². The third-order valence-electron chi connectivity index (χ3n) is 3.79. The van der Waals surface area contributed by atoms with Crippen LogP contribution in [0.3, 0.4) is 0 Å². The number of allylic oxidation sites excluding steroid dienone is 1. The molecule has 0 spiro atoms. The summed E-state index contributed by atoms with van der Waals surface area (Å²) in [7, 11) is 0. The number of H-pyrrole nitrogens is 1. The zero-order chi connectivity index (χ0) is 17.4. The minimum atomic E-state index is -3.02. The van der Waals surface area contributed by atoms with E-state index in [1.807, 2.05) is 17.3 Å². The molecule has 4 rings (SSSR count). The first kappa shape index (κ1) is 15.3. The van der Waals surface area contributed by atoms with E-state index >= 15 is 0 Å². The normalized spacial score (nSPS) is 15.8. The van der Waals surface area contributed by atoms with Gasteiger partial charge < -0.3 is 4.74 Å². The molecule has 1 aromatic carbocycles. The number of fused-ring (bicyclic) bond motifs is 1. The number of hydrogen-bond acceptors (Lipinski definition) is 5. The number of nitrogens with zero attached hydrogens (tertiary/aromatic N) is 4. The minimum Gasteiger partial charge on any atom is -0.434 e. The van der Waals surface area contributed by atoms with Gasteiger partial charge in [0.25, 0.3) is 0 Å². The third kappa shape index (κ3) is 2.73. The van der Waals surface area contributed by atoms with Gasteiger partial charge in [-0.15, -0.1) is 0 Å². The molecule has 2 aromatic rings. The van der Waals surface area contributed by atoms with Gasteiger partial charge in [0.1, 0.15) is 23.1 Å². The van der Waals surface area contributed by atoms with Crippen LogP contribution >= 0.6 is 0 Å². The fourth-order valence-electron chi connectivity index (χ4n) is 2.77. The number of aromatic amines is 1. The molecule has 0 aliphatic carbocycles. The smallest absolute Gasteiger partial charge is 0.387 e. The molecule has 0 unspecified atom stereocenters. The Hall–Kier alpha value is -3.23. The van der Waals surface area contributed by atoms with Gasteiger partial charge in [0.15, 0.2) is 0 Å². The Bertz CT molecular complexity index is 890. The van der Waals surface area contributed by atoms with E-state index < -0.39 is 12.4 Å². The molecule has 2 aliphatic rings. The van der Waals surface area contributed by atoms with E-state index in [2.05, 4.69) is 19.9 Å². The van der Waals surface area contributed by atoms with Crippen LogP contribution < -0.4 is 9.75 Å². The van der Waals surface area contributed by atoms with Gasteiger partial charge in [-0.3, -0.25) is 10.1 Å². The second-order valence-corrected chi connectivity index (χ2v) is 5.26. The first-order valence-corrected chi connectivity index (χ1v) is 7.39. The van der Waals surface area contributed by atoms with Crippen LogP contribution in [0.2, 0.25) is 0 Å². The number of hydrogen-bond donors (Lipinski definition) is 1. The number of rotatable bonds is 4.